The fourth-order valence-electron chi connectivity index (χ4n) is 3.48. The van der Waals surface area contributed by atoms with E-state index in [9.17, 15) is 4.79 Å². The van der Waals surface area contributed by atoms with E-state index in [1.54, 1.807) is 0 Å². The van der Waals surface area contributed by atoms with Gasteiger partial charge in [0.2, 0.25) is 0 Å². The number of carbonyl (C=O) groups excluding carboxylic acids is 1. The first kappa shape index (κ1) is 21.2. The molecule has 1 heterocycles. The first-order valence-electron chi connectivity index (χ1n) is 10.4. The lowest BCUT2D eigenvalue weighted by Crippen LogP contribution is -2.54. The lowest BCUT2D eigenvalue weighted by Gasteiger charge is -2.36. The summed E-state index contributed by atoms with van der Waals surface area (Å²) in [5.74, 6) is -0.423. The molecule has 0 radical (unpaired) electrons. The molecule has 3 aromatic rings. The van der Waals surface area contributed by atoms with Gasteiger partial charge in [-0.25, -0.2) is 4.79 Å². The van der Waals surface area contributed by atoms with Gasteiger partial charge in [-0.05, 0) is 16.7 Å². The van der Waals surface area contributed by atoms with E-state index in [0.717, 1.165) is 16.7 Å². The van der Waals surface area contributed by atoms with Crippen molar-refractivity contribution in [3.63, 3.8) is 0 Å². The van der Waals surface area contributed by atoms with Gasteiger partial charge < -0.3 is 18.9 Å². The third-order valence-corrected chi connectivity index (χ3v) is 5.15. The predicted octanol–water partition coefficient (Wildman–Crippen LogP) is 4.30. The van der Waals surface area contributed by atoms with Gasteiger partial charge in [-0.3, -0.25) is 0 Å². The Morgan fingerprint density at radius 1 is 0.645 bits per heavy atom. The van der Waals surface area contributed by atoms with E-state index < -0.39 is 24.3 Å². The van der Waals surface area contributed by atoms with Crippen LogP contribution >= 0.6 is 0 Å². The molecule has 0 spiro atoms. The van der Waals surface area contributed by atoms with Crippen LogP contribution in [0.25, 0.3) is 0 Å². The summed E-state index contributed by atoms with van der Waals surface area (Å²) in [7, 11) is 0. The van der Waals surface area contributed by atoms with Crippen molar-refractivity contribution in [1.29, 1.82) is 0 Å². The summed E-state index contributed by atoms with van der Waals surface area (Å²) < 4.78 is 23.7. The normalized spacial score (nSPS) is 20.9. The quantitative estimate of drug-likeness (QED) is 0.485. The number of esters is 1. The zero-order chi connectivity index (χ0) is 21.3. The molecule has 0 N–H and O–H groups in total. The van der Waals surface area contributed by atoms with Crippen molar-refractivity contribution in [2.75, 3.05) is 6.61 Å². The first-order chi connectivity index (χ1) is 15.3. The minimum atomic E-state index is -0.863. The lowest BCUT2D eigenvalue weighted by atomic mass is 10.0. The molecule has 1 fully saturated rings. The molecule has 0 amide bonds. The summed E-state index contributed by atoms with van der Waals surface area (Å²) in [4.78, 5) is 12.6. The molecule has 31 heavy (non-hydrogen) atoms. The van der Waals surface area contributed by atoms with Gasteiger partial charge in [0, 0.05) is 0 Å². The van der Waals surface area contributed by atoms with Crippen LogP contribution in [-0.2, 0) is 43.6 Å². The van der Waals surface area contributed by atoms with Crippen molar-refractivity contribution in [3.8, 4) is 0 Å². The van der Waals surface area contributed by atoms with Gasteiger partial charge in [0.25, 0.3) is 0 Å². The van der Waals surface area contributed by atoms with Gasteiger partial charge in [0.05, 0.1) is 19.8 Å². The van der Waals surface area contributed by atoms with Crippen molar-refractivity contribution in [2.24, 2.45) is 0 Å². The van der Waals surface area contributed by atoms with Gasteiger partial charge in [0.1, 0.15) is 18.8 Å². The van der Waals surface area contributed by atoms with Crippen LogP contribution in [0.1, 0.15) is 16.7 Å². The van der Waals surface area contributed by atoms with Crippen LogP contribution in [0.2, 0.25) is 0 Å². The highest BCUT2D eigenvalue weighted by atomic mass is 16.6. The van der Waals surface area contributed by atoms with E-state index in [2.05, 4.69) is 0 Å². The second kappa shape index (κ2) is 10.9. The number of hydrogen-bond acceptors (Lipinski definition) is 5. The Balaban J connectivity index is 1.47. The Labute approximate surface area is 182 Å². The molecule has 0 aromatic heterocycles. The Hall–Kier alpha value is -2.99. The van der Waals surface area contributed by atoms with Crippen LogP contribution in [0.3, 0.4) is 0 Å². The van der Waals surface area contributed by atoms with Crippen LogP contribution in [0, 0.1) is 0 Å². The second-order valence-corrected chi connectivity index (χ2v) is 7.44. The standard InChI is InChI=1S/C26H26O5/c27-26-25(30-18-22-14-8-3-9-15-22)24(29-17-21-12-6-2-7-13-21)23(19-31-26)28-16-20-10-4-1-5-11-20/h1-15,23-25H,16-19H2/t23-,24-,25+/m1/s1. The molecule has 5 nitrogen and oxygen atoms in total. The fourth-order valence-corrected chi connectivity index (χ4v) is 3.48. The van der Waals surface area contributed by atoms with Crippen molar-refractivity contribution < 1.29 is 23.7 Å². The predicted molar refractivity (Wildman–Crippen MR) is 116 cm³/mol. The van der Waals surface area contributed by atoms with Gasteiger partial charge >= 0.3 is 5.97 Å². The molecule has 160 valence electrons. The number of carbonyl (C=O) groups is 1. The molecule has 0 aliphatic carbocycles. The molecule has 0 unspecified atom stereocenters. The minimum absolute atomic E-state index is 0.135. The van der Waals surface area contributed by atoms with E-state index in [1.807, 2.05) is 91.0 Å². The third-order valence-electron chi connectivity index (χ3n) is 5.15. The molecule has 4 rings (SSSR count). The Morgan fingerprint density at radius 3 is 1.61 bits per heavy atom. The number of benzene rings is 3. The maximum absolute atomic E-state index is 12.6. The van der Waals surface area contributed by atoms with Crippen molar-refractivity contribution in [3.05, 3.63) is 108 Å². The maximum atomic E-state index is 12.6. The number of hydrogen-bond donors (Lipinski definition) is 0. The topological polar surface area (TPSA) is 54.0 Å². The van der Waals surface area contributed by atoms with Crippen LogP contribution in [-0.4, -0.2) is 30.9 Å². The molecule has 0 saturated carbocycles. The summed E-state index contributed by atoms with van der Waals surface area (Å²) >= 11 is 0. The van der Waals surface area contributed by atoms with Crippen LogP contribution in [0.5, 0.6) is 0 Å². The highest BCUT2D eigenvalue weighted by molar-refractivity contribution is 5.76. The molecule has 1 aliphatic rings. The van der Waals surface area contributed by atoms with E-state index in [0.29, 0.717) is 13.2 Å². The lowest BCUT2D eigenvalue weighted by molar-refractivity contribution is -0.215. The van der Waals surface area contributed by atoms with Crippen molar-refractivity contribution in [1.82, 2.24) is 0 Å². The SMILES string of the molecule is O=C1OC[C@@H](OCc2ccccc2)[C@@H](OCc2ccccc2)[C@@H]1OCc1ccccc1. The average Bonchev–Trinajstić information content (AvgIpc) is 2.83. The van der Waals surface area contributed by atoms with Gasteiger partial charge in [-0.15, -0.1) is 0 Å². The Morgan fingerprint density at radius 2 is 1.10 bits per heavy atom. The van der Waals surface area contributed by atoms with E-state index in [4.69, 9.17) is 18.9 Å². The Bertz CT molecular complexity index is 930. The monoisotopic (exact) mass is 418 g/mol. The molecule has 1 saturated heterocycles. The molecular formula is C26H26O5. The van der Waals surface area contributed by atoms with E-state index in [-0.39, 0.29) is 13.2 Å². The largest absolute Gasteiger partial charge is 0.461 e. The number of ether oxygens (including phenoxy) is 4. The maximum Gasteiger partial charge on any atom is 0.338 e. The van der Waals surface area contributed by atoms with Gasteiger partial charge in [-0.1, -0.05) is 91.0 Å². The van der Waals surface area contributed by atoms with E-state index >= 15 is 0 Å². The molecule has 1 aliphatic heterocycles. The molecule has 5 heteroatoms. The first-order valence-corrected chi connectivity index (χ1v) is 10.4. The van der Waals surface area contributed by atoms with Crippen molar-refractivity contribution >= 4 is 5.97 Å². The minimum Gasteiger partial charge on any atom is -0.461 e. The summed E-state index contributed by atoms with van der Waals surface area (Å²) in [5.41, 5.74) is 3.04. The summed E-state index contributed by atoms with van der Waals surface area (Å²) in [6.07, 6.45) is -1.87. The number of cyclic esters (lactones) is 1. The molecular weight excluding hydrogens is 392 g/mol. The van der Waals surface area contributed by atoms with Gasteiger partial charge in [0.15, 0.2) is 6.10 Å². The highest BCUT2D eigenvalue weighted by Crippen LogP contribution is 2.23. The zero-order valence-corrected chi connectivity index (χ0v) is 17.3. The molecule has 3 aromatic carbocycles. The highest BCUT2D eigenvalue weighted by Gasteiger charge is 2.43. The third kappa shape index (κ3) is 6.01. The summed E-state index contributed by atoms with van der Waals surface area (Å²) in [6.45, 7) is 1.18. The summed E-state index contributed by atoms with van der Waals surface area (Å²) in [5, 5.41) is 0. The summed E-state index contributed by atoms with van der Waals surface area (Å²) in [6, 6.07) is 29.5. The molecule has 0 bridgehead atoms. The fraction of sp³-hybridized carbons (Fsp3) is 0.269. The number of rotatable bonds is 9. The second-order valence-electron chi connectivity index (χ2n) is 7.44. The van der Waals surface area contributed by atoms with Crippen LogP contribution < -0.4 is 0 Å². The van der Waals surface area contributed by atoms with Gasteiger partial charge in [-0.2, -0.15) is 0 Å². The molecule has 3 atom stereocenters. The Kier molecular flexibility index (Phi) is 7.45. The van der Waals surface area contributed by atoms with Crippen molar-refractivity contribution in [2.45, 2.75) is 38.1 Å². The average molecular weight is 418 g/mol. The van der Waals surface area contributed by atoms with Crippen LogP contribution in [0.15, 0.2) is 91.0 Å². The zero-order valence-electron chi connectivity index (χ0n) is 17.3. The smallest absolute Gasteiger partial charge is 0.338 e. The van der Waals surface area contributed by atoms with E-state index in [1.165, 1.54) is 0 Å². The van der Waals surface area contributed by atoms with Crippen LogP contribution in [0.4, 0.5) is 0 Å².